The highest BCUT2D eigenvalue weighted by molar-refractivity contribution is 5.73. The summed E-state index contributed by atoms with van der Waals surface area (Å²) < 4.78 is 75.4. The molecule has 4 rings (SSSR count). The Morgan fingerprint density at radius 1 is 1.03 bits per heavy atom. The topological polar surface area (TPSA) is 135 Å². The molecule has 1 aliphatic carbocycles. The second kappa shape index (κ2) is 14.0. The average Bonchev–Trinajstić information content (AvgIpc) is 3.28. The van der Waals surface area contributed by atoms with Gasteiger partial charge in [0.1, 0.15) is 0 Å². The van der Waals surface area contributed by atoms with E-state index in [2.05, 4.69) is 19.9 Å². The van der Waals surface area contributed by atoms with Crippen LogP contribution in [0.4, 0.5) is 32.3 Å². The third kappa shape index (κ3) is 10.6. The molecule has 2 N–H and O–H groups in total. The van der Waals surface area contributed by atoms with E-state index in [1.807, 2.05) is 31.5 Å². The molecule has 1 saturated carbocycles. The van der Waals surface area contributed by atoms with E-state index in [0.29, 0.717) is 18.6 Å². The third-order valence-corrected chi connectivity index (χ3v) is 5.51. The number of aryl methyl sites for hydroxylation is 1. The molecule has 1 aliphatic heterocycles. The van der Waals surface area contributed by atoms with Gasteiger partial charge in [-0.05, 0) is 48.9 Å². The van der Waals surface area contributed by atoms with Crippen LogP contribution in [0.5, 0.6) is 0 Å². The van der Waals surface area contributed by atoms with E-state index in [1.165, 1.54) is 0 Å². The number of anilines is 1. The maximum absolute atomic E-state index is 10.6. The predicted octanol–water partition coefficient (Wildman–Crippen LogP) is 3.65. The number of fused-ring (bicyclic) bond motifs is 1. The molecule has 0 aromatic carbocycles. The number of aromatic nitrogens is 3. The van der Waals surface area contributed by atoms with Gasteiger partial charge in [-0.2, -0.15) is 26.3 Å². The highest BCUT2D eigenvalue weighted by atomic mass is 19.4. The van der Waals surface area contributed by atoms with Crippen LogP contribution in [-0.4, -0.2) is 81.4 Å². The quantitative estimate of drug-likeness (QED) is 0.515. The number of carboxylic acids is 2. The zero-order valence-electron chi connectivity index (χ0n) is 20.5. The standard InChI is InChI=1S/C19H24N4O2.2C2HF3O2/c1-14-10-21-19(22-11-14)23-6-7-25-18-9-16(8-17(18)23)13-24-12-15-2-4-20-5-3-15;2*3-2(4,5)1(6)7/h2-5,10-11,16-18H,6-9,12-13H2,1H3;2*(H,6,7)/t16?,17-,18-;;/m0../s1. The minimum Gasteiger partial charge on any atom is -0.475 e. The summed E-state index contributed by atoms with van der Waals surface area (Å²) >= 11 is 0. The average molecular weight is 568 g/mol. The first-order chi connectivity index (χ1) is 18.2. The molecule has 2 aromatic heterocycles. The van der Waals surface area contributed by atoms with E-state index in [1.54, 1.807) is 12.4 Å². The summed E-state index contributed by atoms with van der Waals surface area (Å²) in [5, 5.41) is 14.2. The van der Waals surface area contributed by atoms with Crippen molar-refractivity contribution in [3.63, 3.8) is 0 Å². The number of carboxylic acid groups (broad SMARTS) is 2. The molecule has 0 bridgehead atoms. The lowest BCUT2D eigenvalue weighted by atomic mass is 10.1. The van der Waals surface area contributed by atoms with Crippen molar-refractivity contribution in [2.75, 3.05) is 24.7 Å². The lowest BCUT2D eigenvalue weighted by molar-refractivity contribution is -0.193. The molecular formula is C23H26F6N4O6. The number of hydrogen-bond donors (Lipinski definition) is 2. The number of pyridine rings is 1. The molecule has 1 saturated heterocycles. The van der Waals surface area contributed by atoms with Gasteiger partial charge in [0.15, 0.2) is 0 Å². The Labute approximate surface area is 218 Å². The number of morpholine rings is 1. The maximum atomic E-state index is 10.6. The highest BCUT2D eigenvalue weighted by Crippen LogP contribution is 2.35. The summed E-state index contributed by atoms with van der Waals surface area (Å²) in [5.74, 6) is -4.18. The van der Waals surface area contributed by atoms with Gasteiger partial charge in [0, 0.05) is 31.3 Å². The van der Waals surface area contributed by atoms with Gasteiger partial charge < -0.3 is 24.6 Å². The van der Waals surface area contributed by atoms with Crippen molar-refractivity contribution in [1.29, 1.82) is 0 Å². The molecular weight excluding hydrogens is 542 g/mol. The Bertz CT molecular complexity index is 1030. The predicted molar refractivity (Wildman–Crippen MR) is 122 cm³/mol. The third-order valence-electron chi connectivity index (χ3n) is 5.51. The summed E-state index contributed by atoms with van der Waals surface area (Å²) in [4.78, 5) is 33.2. The fourth-order valence-electron chi connectivity index (χ4n) is 3.79. The fraction of sp³-hybridized carbons (Fsp3) is 0.522. The molecule has 16 heteroatoms. The first kappa shape index (κ1) is 31.7. The largest absolute Gasteiger partial charge is 0.490 e. The van der Waals surface area contributed by atoms with Crippen LogP contribution < -0.4 is 4.90 Å². The number of nitrogens with zero attached hydrogens (tertiary/aromatic N) is 4. The van der Waals surface area contributed by atoms with E-state index in [9.17, 15) is 26.3 Å². The van der Waals surface area contributed by atoms with Crippen LogP contribution in [0, 0.1) is 12.8 Å². The maximum Gasteiger partial charge on any atom is 0.490 e. The van der Waals surface area contributed by atoms with E-state index in [4.69, 9.17) is 29.3 Å². The minimum atomic E-state index is -5.08. The molecule has 39 heavy (non-hydrogen) atoms. The summed E-state index contributed by atoms with van der Waals surface area (Å²) in [7, 11) is 0. The zero-order valence-corrected chi connectivity index (χ0v) is 20.5. The number of rotatable bonds is 5. The van der Waals surface area contributed by atoms with Crippen molar-refractivity contribution in [2.45, 2.75) is 50.9 Å². The van der Waals surface area contributed by atoms with Crippen LogP contribution in [-0.2, 0) is 25.7 Å². The second-order valence-electron chi connectivity index (χ2n) is 8.54. The Kier molecular flexibility index (Phi) is 11.4. The van der Waals surface area contributed by atoms with Crippen LogP contribution in [0.1, 0.15) is 24.0 Å². The number of alkyl halides is 6. The van der Waals surface area contributed by atoms with Crippen molar-refractivity contribution in [3.8, 4) is 0 Å². The summed E-state index contributed by atoms with van der Waals surface area (Å²) in [6.45, 7) is 5.01. The van der Waals surface area contributed by atoms with Crippen LogP contribution in [0.15, 0.2) is 36.9 Å². The van der Waals surface area contributed by atoms with Gasteiger partial charge in [-0.1, -0.05) is 0 Å². The SMILES string of the molecule is Cc1cnc(N2CCO[C@H]3CC(COCc4ccncc4)C[C@@H]32)nc1.O=C(O)C(F)(F)F.O=C(O)C(F)(F)F. The van der Waals surface area contributed by atoms with E-state index < -0.39 is 24.3 Å². The summed E-state index contributed by atoms with van der Waals surface area (Å²) in [5.41, 5.74) is 2.25. The summed E-state index contributed by atoms with van der Waals surface area (Å²) in [6.07, 6.45) is -0.421. The molecule has 0 spiro atoms. The van der Waals surface area contributed by atoms with Gasteiger partial charge in [-0.25, -0.2) is 19.6 Å². The Morgan fingerprint density at radius 2 is 1.56 bits per heavy atom. The number of ether oxygens (including phenoxy) is 2. The lowest BCUT2D eigenvalue weighted by Crippen LogP contribution is -2.49. The van der Waals surface area contributed by atoms with Crippen molar-refractivity contribution >= 4 is 17.9 Å². The number of hydrogen-bond acceptors (Lipinski definition) is 8. The molecule has 1 unspecified atom stereocenters. The Balaban J connectivity index is 0.000000317. The fourth-order valence-corrected chi connectivity index (χ4v) is 3.79. The van der Waals surface area contributed by atoms with Crippen molar-refractivity contribution in [2.24, 2.45) is 5.92 Å². The smallest absolute Gasteiger partial charge is 0.475 e. The molecule has 3 atom stereocenters. The van der Waals surface area contributed by atoms with Gasteiger partial charge in [-0.15, -0.1) is 0 Å². The molecule has 10 nitrogen and oxygen atoms in total. The second-order valence-corrected chi connectivity index (χ2v) is 8.54. The number of halogens is 6. The monoisotopic (exact) mass is 568 g/mol. The number of carbonyl (C=O) groups is 2. The first-order valence-electron chi connectivity index (χ1n) is 11.4. The molecule has 216 valence electrons. The normalized spacial score (nSPS) is 20.6. The zero-order chi connectivity index (χ0) is 29.2. The van der Waals surface area contributed by atoms with E-state index in [0.717, 1.165) is 49.7 Å². The highest BCUT2D eigenvalue weighted by Gasteiger charge is 2.42. The van der Waals surface area contributed by atoms with Crippen LogP contribution in [0.25, 0.3) is 0 Å². The van der Waals surface area contributed by atoms with Crippen molar-refractivity contribution in [1.82, 2.24) is 15.0 Å². The Morgan fingerprint density at radius 3 is 2.08 bits per heavy atom. The first-order valence-corrected chi connectivity index (χ1v) is 11.4. The molecule has 0 radical (unpaired) electrons. The molecule has 2 aliphatic rings. The van der Waals surface area contributed by atoms with Gasteiger partial charge in [-0.3, -0.25) is 4.98 Å². The summed E-state index contributed by atoms with van der Waals surface area (Å²) in [6, 6.07) is 4.34. The van der Waals surface area contributed by atoms with Gasteiger partial charge >= 0.3 is 24.3 Å². The van der Waals surface area contributed by atoms with E-state index >= 15 is 0 Å². The molecule has 2 aromatic rings. The van der Waals surface area contributed by atoms with Crippen molar-refractivity contribution < 1.29 is 55.6 Å². The van der Waals surface area contributed by atoms with Crippen LogP contribution >= 0.6 is 0 Å². The van der Waals surface area contributed by atoms with Crippen LogP contribution in [0.2, 0.25) is 0 Å². The lowest BCUT2D eigenvalue weighted by Gasteiger charge is -2.37. The molecule has 0 amide bonds. The van der Waals surface area contributed by atoms with Gasteiger partial charge in [0.05, 0.1) is 32.0 Å². The van der Waals surface area contributed by atoms with Gasteiger partial charge in [0.25, 0.3) is 0 Å². The minimum absolute atomic E-state index is 0.258. The number of aliphatic carboxylic acids is 2. The van der Waals surface area contributed by atoms with Gasteiger partial charge in [0.2, 0.25) is 5.95 Å². The van der Waals surface area contributed by atoms with E-state index in [-0.39, 0.29) is 6.10 Å². The Hall–Kier alpha value is -3.53. The molecule has 3 heterocycles. The molecule has 2 fully saturated rings. The van der Waals surface area contributed by atoms with Crippen LogP contribution in [0.3, 0.4) is 0 Å². The van der Waals surface area contributed by atoms with Crippen molar-refractivity contribution in [3.05, 3.63) is 48.0 Å².